The Morgan fingerprint density at radius 1 is 0.806 bits per heavy atom. The fourth-order valence-corrected chi connectivity index (χ4v) is 5.46. The second-order valence-corrected chi connectivity index (χ2v) is 9.82. The van der Waals surface area contributed by atoms with Crippen molar-refractivity contribution < 1.29 is 8.42 Å². The summed E-state index contributed by atoms with van der Waals surface area (Å²) < 4.78 is 29.1. The maximum atomic E-state index is 13.9. The Hall–Kier alpha value is -2.92. The minimum Gasteiger partial charge on any atom is -0.200 e. The van der Waals surface area contributed by atoms with Gasteiger partial charge in [0.05, 0.1) is 16.6 Å². The second kappa shape index (κ2) is 9.48. The normalized spacial score (nSPS) is 19.6. The molecule has 3 aromatic rings. The maximum Gasteiger partial charge on any atom is 0.279 e. The van der Waals surface area contributed by atoms with Gasteiger partial charge in [0.25, 0.3) is 10.0 Å². The molecule has 0 saturated carbocycles. The lowest BCUT2D eigenvalue weighted by Crippen LogP contribution is -2.32. The van der Waals surface area contributed by atoms with E-state index < -0.39 is 10.0 Å². The van der Waals surface area contributed by atoms with E-state index in [9.17, 15) is 8.42 Å². The van der Waals surface area contributed by atoms with E-state index in [1.54, 1.807) is 12.1 Å². The molecule has 0 saturated heterocycles. The van der Waals surface area contributed by atoms with Crippen molar-refractivity contribution in [2.24, 2.45) is 5.10 Å². The first-order chi connectivity index (χ1) is 15.1. The average Bonchev–Trinajstić information content (AvgIpc) is 2.91. The molecule has 0 spiro atoms. The minimum absolute atomic E-state index is 0.273. The van der Waals surface area contributed by atoms with Gasteiger partial charge in [-0.15, -0.1) is 0 Å². The Morgan fingerprint density at radius 2 is 1.45 bits per heavy atom. The van der Waals surface area contributed by atoms with Crippen molar-refractivity contribution in [1.29, 1.82) is 0 Å². The van der Waals surface area contributed by atoms with E-state index in [4.69, 9.17) is 5.10 Å². The van der Waals surface area contributed by atoms with Crippen molar-refractivity contribution >= 4 is 15.7 Å². The fourth-order valence-electron chi connectivity index (χ4n) is 4.00. The van der Waals surface area contributed by atoms with E-state index in [1.165, 1.54) is 4.41 Å². The first-order valence-electron chi connectivity index (χ1n) is 10.8. The highest BCUT2D eigenvalue weighted by Crippen LogP contribution is 2.34. The van der Waals surface area contributed by atoms with Gasteiger partial charge in [-0.2, -0.15) is 17.9 Å². The number of rotatable bonds is 4. The molecule has 4 rings (SSSR count). The Labute approximate surface area is 185 Å². The molecule has 5 heteroatoms. The van der Waals surface area contributed by atoms with E-state index in [-0.39, 0.29) is 10.9 Å². The molecule has 3 aromatic carbocycles. The number of aryl methyl sites for hydroxylation is 1. The van der Waals surface area contributed by atoms with Crippen molar-refractivity contribution in [3.63, 3.8) is 0 Å². The van der Waals surface area contributed by atoms with Crippen molar-refractivity contribution in [2.75, 3.05) is 0 Å². The molecule has 0 radical (unpaired) electrons. The zero-order valence-electron chi connectivity index (χ0n) is 17.8. The molecule has 0 bridgehead atoms. The Morgan fingerprint density at radius 3 is 2.13 bits per heavy atom. The lowest BCUT2D eigenvalue weighted by Gasteiger charge is -2.29. The molecule has 4 nitrogen and oxygen atoms in total. The SMILES string of the molecule is Cc1ccc(S(=O)(=O)N2/N=C(/c3ccccc3)CCCCCC2c2ccccc2)cc1. The minimum atomic E-state index is -3.83. The van der Waals surface area contributed by atoms with Crippen LogP contribution < -0.4 is 0 Å². The van der Waals surface area contributed by atoms with Crippen molar-refractivity contribution in [1.82, 2.24) is 4.41 Å². The molecule has 0 amide bonds. The van der Waals surface area contributed by atoms with Crippen molar-refractivity contribution in [3.8, 4) is 0 Å². The van der Waals surface area contributed by atoms with Crippen LogP contribution in [0.25, 0.3) is 0 Å². The van der Waals surface area contributed by atoms with Gasteiger partial charge in [0, 0.05) is 0 Å². The van der Waals surface area contributed by atoms with E-state index in [2.05, 4.69) is 0 Å². The lowest BCUT2D eigenvalue weighted by molar-refractivity contribution is 0.316. The Kier molecular flexibility index (Phi) is 6.52. The molecule has 0 aromatic heterocycles. The van der Waals surface area contributed by atoms with Gasteiger partial charge in [0.1, 0.15) is 0 Å². The maximum absolute atomic E-state index is 13.9. The zero-order chi connectivity index (χ0) is 21.7. The van der Waals surface area contributed by atoms with Gasteiger partial charge < -0.3 is 0 Å². The summed E-state index contributed by atoms with van der Waals surface area (Å²) in [5.41, 5.74) is 3.78. The third-order valence-corrected chi connectivity index (χ3v) is 7.43. The number of hydrazone groups is 1. The standard InChI is InChI=1S/C26H28N2O2S/c1-21-17-19-24(20-18-21)31(29,30)28-26(23-13-7-3-8-14-23)16-10-4-9-15-25(27-28)22-11-5-2-6-12-22/h2-3,5-8,11-14,17-20,26H,4,9-10,15-16H2,1H3/b27-25+. The number of hydrogen-bond donors (Lipinski definition) is 0. The van der Waals surface area contributed by atoms with Crippen LogP contribution in [-0.4, -0.2) is 18.5 Å². The predicted octanol–water partition coefficient (Wildman–Crippen LogP) is 6.10. The Balaban J connectivity index is 1.88. The van der Waals surface area contributed by atoms with Crippen LogP contribution in [0.1, 0.15) is 54.8 Å². The summed E-state index contributed by atoms with van der Waals surface area (Å²) in [4.78, 5) is 0.273. The van der Waals surface area contributed by atoms with Gasteiger partial charge in [-0.1, -0.05) is 91.2 Å². The molecule has 31 heavy (non-hydrogen) atoms. The third-order valence-electron chi connectivity index (χ3n) is 5.73. The van der Waals surface area contributed by atoms with Gasteiger partial charge in [0.15, 0.2) is 0 Å². The van der Waals surface area contributed by atoms with Gasteiger partial charge in [0.2, 0.25) is 0 Å². The molecule has 1 heterocycles. The molecule has 0 N–H and O–H groups in total. The van der Waals surface area contributed by atoms with Crippen LogP contribution in [-0.2, 0) is 10.0 Å². The quantitative estimate of drug-likeness (QED) is 0.500. The number of nitrogens with zero attached hydrogens (tertiary/aromatic N) is 2. The topological polar surface area (TPSA) is 49.7 Å². The Bertz CT molecular complexity index is 1130. The molecular weight excluding hydrogens is 404 g/mol. The predicted molar refractivity (Wildman–Crippen MR) is 125 cm³/mol. The molecular formula is C26H28N2O2S. The first kappa shape index (κ1) is 21.3. The number of sulfonamides is 1. The van der Waals surface area contributed by atoms with Crippen LogP contribution in [0.4, 0.5) is 0 Å². The lowest BCUT2D eigenvalue weighted by atomic mass is 10.00. The average molecular weight is 433 g/mol. The highest BCUT2D eigenvalue weighted by atomic mass is 32.2. The molecule has 1 unspecified atom stereocenters. The summed E-state index contributed by atoms with van der Waals surface area (Å²) in [6, 6.07) is 26.5. The van der Waals surface area contributed by atoms with Gasteiger partial charge in [-0.25, -0.2) is 0 Å². The number of benzene rings is 3. The highest BCUT2D eigenvalue weighted by Gasteiger charge is 2.32. The molecule has 0 aliphatic carbocycles. The van der Waals surface area contributed by atoms with E-state index >= 15 is 0 Å². The summed E-state index contributed by atoms with van der Waals surface area (Å²) in [7, 11) is -3.83. The van der Waals surface area contributed by atoms with E-state index in [1.807, 2.05) is 79.7 Å². The zero-order valence-corrected chi connectivity index (χ0v) is 18.6. The summed E-state index contributed by atoms with van der Waals surface area (Å²) in [5, 5.41) is 4.86. The van der Waals surface area contributed by atoms with E-state index in [0.717, 1.165) is 54.5 Å². The summed E-state index contributed by atoms with van der Waals surface area (Å²) >= 11 is 0. The van der Waals surface area contributed by atoms with Crippen LogP contribution in [0.2, 0.25) is 0 Å². The van der Waals surface area contributed by atoms with Crippen LogP contribution in [0.3, 0.4) is 0 Å². The highest BCUT2D eigenvalue weighted by molar-refractivity contribution is 7.89. The molecule has 1 aliphatic rings. The summed E-state index contributed by atoms with van der Waals surface area (Å²) in [6.07, 6.45) is 4.49. The van der Waals surface area contributed by atoms with Gasteiger partial charge in [-0.3, -0.25) is 0 Å². The van der Waals surface area contributed by atoms with Crippen LogP contribution in [0, 0.1) is 6.92 Å². The summed E-state index contributed by atoms with van der Waals surface area (Å²) in [5.74, 6) is 0. The second-order valence-electron chi connectivity index (χ2n) is 8.03. The smallest absolute Gasteiger partial charge is 0.200 e. The van der Waals surface area contributed by atoms with Crippen LogP contribution >= 0.6 is 0 Å². The van der Waals surface area contributed by atoms with Gasteiger partial charge >= 0.3 is 0 Å². The monoisotopic (exact) mass is 432 g/mol. The molecule has 0 fully saturated rings. The third kappa shape index (κ3) is 4.88. The fraction of sp³-hybridized carbons (Fsp3) is 0.269. The number of hydrogen-bond acceptors (Lipinski definition) is 3. The summed E-state index contributed by atoms with van der Waals surface area (Å²) in [6.45, 7) is 1.95. The first-order valence-corrected chi connectivity index (χ1v) is 12.3. The molecule has 1 atom stereocenters. The molecule has 160 valence electrons. The van der Waals surface area contributed by atoms with Crippen molar-refractivity contribution in [2.45, 2.75) is 50.0 Å². The molecule has 1 aliphatic heterocycles. The van der Waals surface area contributed by atoms with Gasteiger partial charge in [-0.05, 0) is 49.4 Å². The largest absolute Gasteiger partial charge is 0.279 e. The van der Waals surface area contributed by atoms with Crippen LogP contribution in [0.5, 0.6) is 0 Å². The van der Waals surface area contributed by atoms with E-state index in [0.29, 0.717) is 0 Å². The van der Waals surface area contributed by atoms with Crippen LogP contribution in [0.15, 0.2) is 94.9 Å². The van der Waals surface area contributed by atoms with Crippen molar-refractivity contribution in [3.05, 3.63) is 102 Å².